The van der Waals surface area contributed by atoms with Crippen molar-refractivity contribution in [2.45, 2.75) is 8.68 Å². The molecule has 29 heavy (non-hydrogen) atoms. The Morgan fingerprint density at radius 1 is 0.862 bits per heavy atom. The number of thioether (sulfide) groups is 2. The fraction of sp³-hybridized carbons (Fsp3) is 0.143. The second-order valence-corrected chi connectivity index (χ2v) is 10.4. The molecular weight excluding hydrogens is 481 g/mol. The molecule has 3 aromatic heterocycles. The third kappa shape index (κ3) is 5.66. The number of rotatable bonds is 10. The van der Waals surface area contributed by atoms with Crippen molar-refractivity contribution in [3.05, 3.63) is 52.9 Å². The van der Waals surface area contributed by atoms with Crippen LogP contribution in [-0.4, -0.2) is 43.1 Å². The molecule has 15 heteroatoms. The highest BCUT2D eigenvalue weighted by Crippen LogP contribution is 2.31. The maximum absolute atomic E-state index is 12.1. The van der Waals surface area contributed by atoms with Gasteiger partial charge in [0.05, 0.1) is 41.9 Å². The second-order valence-electron chi connectivity index (χ2n) is 5.11. The molecule has 0 bridgehead atoms. The number of hydrogen-bond donors (Lipinski definition) is 0. The van der Waals surface area contributed by atoms with E-state index in [0.29, 0.717) is 18.4 Å². The number of ketones is 2. The SMILES string of the molecule is O=C(CSc1nnc(SCC(=O)c2cc([N+](=O)[O-])cs2)s1)c1cc([N+](=O)[O-])cs1. The summed E-state index contributed by atoms with van der Waals surface area (Å²) in [6, 6.07) is 2.49. The first-order valence-electron chi connectivity index (χ1n) is 7.45. The fourth-order valence-electron chi connectivity index (χ4n) is 1.85. The number of hydrogen-bond acceptors (Lipinski definition) is 13. The lowest BCUT2D eigenvalue weighted by molar-refractivity contribution is -0.384. The number of Topliss-reactive ketones (excluding diaryl/α,β-unsaturated/α-hetero) is 2. The maximum atomic E-state index is 12.1. The molecule has 0 atom stereocenters. The Morgan fingerprint density at radius 3 is 1.62 bits per heavy atom. The third-order valence-electron chi connectivity index (χ3n) is 3.18. The van der Waals surface area contributed by atoms with E-state index in [2.05, 4.69) is 10.2 Å². The second kappa shape index (κ2) is 9.53. The molecule has 0 spiro atoms. The molecule has 0 amide bonds. The number of carbonyl (C=O) groups excluding carboxylic acids is 2. The van der Waals surface area contributed by atoms with Crippen LogP contribution >= 0.6 is 57.5 Å². The Kier molecular flexibility index (Phi) is 7.07. The van der Waals surface area contributed by atoms with E-state index in [1.165, 1.54) is 34.2 Å². The van der Waals surface area contributed by atoms with Gasteiger partial charge in [-0.2, -0.15) is 0 Å². The topological polar surface area (TPSA) is 146 Å². The number of thiophene rings is 2. The largest absolute Gasteiger partial charge is 0.292 e. The summed E-state index contributed by atoms with van der Waals surface area (Å²) in [5, 5.41) is 31.9. The smallest absolute Gasteiger partial charge is 0.280 e. The van der Waals surface area contributed by atoms with Crippen molar-refractivity contribution in [1.29, 1.82) is 0 Å². The van der Waals surface area contributed by atoms with Crippen LogP contribution in [0.3, 0.4) is 0 Å². The van der Waals surface area contributed by atoms with Gasteiger partial charge in [0, 0.05) is 12.1 Å². The van der Waals surface area contributed by atoms with Crippen LogP contribution in [0, 0.1) is 20.2 Å². The van der Waals surface area contributed by atoms with E-state index in [1.54, 1.807) is 0 Å². The monoisotopic (exact) mass is 488 g/mol. The van der Waals surface area contributed by atoms with E-state index in [-0.39, 0.29) is 34.4 Å². The van der Waals surface area contributed by atoms with E-state index in [0.717, 1.165) is 46.2 Å². The van der Waals surface area contributed by atoms with Crippen molar-refractivity contribution in [2.24, 2.45) is 0 Å². The highest BCUT2D eigenvalue weighted by atomic mass is 32.2. The zero-order chi connectivity index (χ0) is 21.0. The molecule has 0 aliphatic rings. The first-order chi connectivity index (χ1) is 13.8. The zero-order valence-corrected chi connectivity index (χ0v) is 18.1. The highest BCUT2D eigenvalue weighted by Gasteiger charge is 2.18. The summed E-state index contributed by atoms with van der Waals surface area (Å²) in [6.45, 7) is 0. The first kappa shape index (κ1) is 21.5. The van der Waals surface area contributed by atoms with Crippen LogP contribution in [0.2, 0.25) is 0 Å². The zero-order valence-electron chi connectivity index (χ0n) is 14.0. The molecule has 150 valence electrons. The van der Waals surface area contributed by atoms with Gasteiger partial charge in [0.25, 0.3) is 11.4 Å². The lowest BCUT2D eigenvalue weighted by Crippen LogP contribution is -1.99. The summed E-state index contributed by atoms with van der Waals surface area (Å²) in [4.78, 5) is 45.1. The molecule has 0 aliphatic carbocycles. The molecule has 3 heterocycles. The van der Waals surface area contributed by atoms with Crippen molar-refractivity contribution < 1.29 is 19.4 Å². The van der Waals surface area contributed by atoms with Crippen LogP contribution in [0.4, 0.5) is 11.4 Å². The molecular formula is C14H8N4O6S5. The summed E-state index contributed by atoms with van der Waals surface area (Å²) in [5.41, 5.74) is -0.225. The van der Waals surface area contributed by atoms with Gasteiger partial charge in [0.2, 0.25) is 0 Å². The van der Waals surface area contributed by atoms with Crippen LogP contribution < -0.4 is 0 Å². The average Bonchev–Trinajstić information content (AvgIpc) is 3.44. The minimum atomic E-state index is -0.551. The van der Waals surface area contributed by atoms with E-state index >= 15 is 0 Å². The third-order valence-corrected chi connectivity index (χ3v) is 8.29. The average molecular weight is 489 g/mol. The molecule has 0 saturated heterocycles. The Bertz CT molecular complexity index is 1010. The minimum Gasteiger partial charge on any atom is -0.292 e. The van der Waals surface area contributed by atoms with Crippen molar-refractivity contribution in [2.75, 3.05) is 11.5 Å². The van der Waals surface area contributed by atoms with Gasteiger partial charge in [-0.05, 0) is 0 Å². The van der Waals surface area contributed by atoms with Gasteiger partial charge in [-0.15, -0.1) is 32.9 Å². The van der Waals surface area contributed by atoms with Gasteiger partial charge < -0.3 is 0 Å². The number of carbonyl (C=O) groups is 2. The van der Waals surface area contributed by atoms with Crippen molar-refractivity contribution in [3.8, 4) is 0 Å². The fourth-order valence-corrected chi connectivity index (χ4v) is 6.40. The molecule has 3 aromatic rings. The quantitative estimate of drug-likeness (QED) is 0.174. The Hall–Kier alpha value is -2.20. The normalized spacial score (nSPS) is 10.8. The van der Waals surface area contributed by atoms with E-state index < -0.39 is 9.85 Å². The van der Waals surface area contributed by atoms with Crippen molar-refractivity contribution >= 4 is 80.5 Å². The van der Waals surface area contributed by atoms with Crippen LogP contribution in [-0.2, 0) is 0 Å². The van der Waals surface area contributed by atoms with Gasteiger partial charge in [-0.25, -0.2) is 0 Å². The molecule has 0 fully saturated rings. The number of nitrogens with zero attached hydrogens (tertiary/aromatic N) is 4. The molecule has 0 unspecified atom stereocenters. The summed E-state index contributed by atoms with van der Waals surface area (Å²) in [6.07, 6.45) is 0. The Labute approximate surface area is 182 Å². The van der Waals surface area contributed by atoms with Crippen LogP contribution in [0.25, 0.3) is 0 Å². The maximum Gasteiger partial charge on any atom is 0.280 e. The molecule has 0 N–H and O–H groups in total. The van der Waals surface area contributed by atoms with Crippen LogP contribution in [0.5, 0.6) is 0 Å². The lowest BCUT2D eigenvalue weighted by Gasteiger charge is -1.95. The summed E-state index contributed by atoms with van der Waals surface area (Å²) >= 11 is 5.58. The van der Waals surface area contributed by atoms with Crippen LogP contribution in [0.1, 0.15) is 19.3 Å². The van der Waals surface area contributed by atoms with Gasteiger partial charge in [0.15, 0.2) is 20.2 Å². The molecule has 0 aliphatic heterocycles. The van der Waals surface area contributed by atoms with E-state index in [1.807, 2.05) is 0 Å². The Balaban J connectivity index is 1.49. The lowest BCUT2D eigenvalue weighted by atomic mass is 10.3. The number of nitro groups is 2. The van der Waals surface area contributed by atoms with Crippen molar-refractivity contribution in [1.82, 2.24) is 10.2 Å². The predicted molar refractivity (Wildman–Crippen MR) is 112 cm³/mol. The summed E-state index contributed by atoms with van der Waals surface area (Å²) in [7, 11) is 0. The molecule has 0 saturated carbocycles. The van der Waals surface area contributed by atoms with Gasteiger partial charge >= 0.3 is 0 Å². The molecule has 10 nitrogen and oxygen atoms in total. The Morgan fingerprint density at radius 2 is 1.28 bits per heavy atom. The van der Waals surface area contributed by atoms with Crippen LogP contribution in [0.15, 0.2) is 31.6 Å². The van der Waals surface area contributed by atoms with Gasteiger partial charge in [-0.3, -0.25) is 29.8 Å². The summed E-state index contributed by atoms with van der Waals surface area (Å²) in [5.74, 6) is -0.359. The molecule has 0 aromatic carbocycles. The molecule has 0 radical (unpaired) electrons. The van der Waals surface area contributed by atoms with E-state index in [4.69, 9.17) is 0 Å². The highest BCUT2D eigenvalue weighted by molar-refractivity contribution is 8.03. The van der Waals surface area contributed by atoms with Gasteiger partial charge in [0.1, 0.15) is 0 Å². The predicted octanol–water partition coefficient (Wildman–Crippen LogP) is 4.43. The standard InChI is InChI=1S/C14H8N4O6S5/c19-9(11-1-7(3-25-11)17(21)22)5-27-13-15-16-14(29-13)28-6-10(20)12-2-8(4-26-12)18(23)24/h1-4H,5-6H2. The minimum absolute atomic E-state index is 0.0642. The molecule has 3 rings (SSSR count). The summed E-state index contributed by atoms with van der Waals surface area (Å²) < 4.78 is 1.07. The van der Waals surface area contributed by atoms with Gasteiger partial charge in [-0.1, -0.05) is 34.9 Å². The van der Waals surface area contributed by atoms with Crippen molar-refractivity contribution in [3.63, 3.8) is 0 Å². The number of aromatic nitrogens is 2. The first-order valence-corrected chi connectivity index (χ1v) is 12.0. The van der Waals surface area contributed by atoms with E-state index in [9.17, 15) is 29.8 Å².